The minimum absolute atomic E-state index is 0.222. The summed E-state index contributed by atoms with van der Waals surface area (Å²) in [4.78, 5) is 13.8. The number of ketones is 1. The predicted octanol–water partition coefficient (Wildman–Crippen LogP) is 4.61. The van der Waals surface area contributed by atoms with E-state index in [0.717, 1.165) is 11.1 Å². The number of hydrogen-bond acceptors (Lipinski definition) is 5. The molecule has 0 aliphatic heterocycles. The first kappa shape index (κ1) is 23.9. The molecule has 0 saturated carbocycles. The van der Waals surface area contributed by atoms with Crippen molar-refractivity contribution in [1.82, 2.24) is 9.78 Å². The number of nitrogens with zero attached hydrogens (tertiary/aromatic N) is 2. The summed E-state index contributed by atoms with van der Waals surface area (Å²) in [6.07, 6.45) is 1.19. The molecule has 0 aliphatic carbocycles. The molecule has 7 heteroatoms. The summed E-state index contributed by atoms with van der Waals surface area (Å²) in [6.45, 7) is 14.1. The van der Waals surface area contributed by atoms with Gasteiger partial charge in [0.25, 0.3) is 0 Å². The van der Waals surface area contributed by atoms with Crippen LogP contribution in [0, 0.1) is 19.8 Å². The van der Waals surface area contributed by atoms with E-state index < -0.39 is 9.84 Å². The lowest BCUT2D eigenvalue weighted by molar-refractivity contribution is 0.103. The quantitative estimate of drug-likeness (QED) is 0.597. The van der Waals surface area contributed by atoms with Gasteiger partial charge in [-0.15, -0.1) is 0 Å². The Morgan fingerprint density at radius 2 is 1.73 bits per heavy atom. The number of methoxy groups -OCH3 is 1. The van der Waals surface area contributed by atoms with Gasteiger partial charge >= 0.3 is 0 Å². The molecule has 30 heavy (non-hydrogen) atoms. The van der Waals surface area contributed by atoms with Crippen LogP contribution in [-0.2, 0) is 16.4 Å². The van der Waals surface area contributed by atoms with Gasteiger partial charge in [0, 0.05) is 18.4 Å². The van der Waals surface area contributed by atoms with E-state index in [1.807, 2.05) is 20.8 Å². The summed E-state index contributed by atoms with van der Waals surface area (Å²) < 4.78 is 32.1. The molecule has 0 saturated heterocycles. The van der Waals surface area contributed by atoms with E-state index in [-0.39, 0.29) is 10.7 Å². The number of ether oxygens (including phenoxy) is 1. The molecule has 0 spiro atoms. The Labute approximate surface area is 179 Å². The third-order valence-corrected chi connectivity index (χ3v) is 6.37. The summed E-state index contributed by atoms with van der Waals surface area (Å²) in [7, 11) is -1.93. The first-order valence-corrected chi connectivity index (χ1v) is 11.8. The van der Waals surface area contributed by atoms with Gasteiger partial charge in [-0.05, 0) is 69.4 Å². The van der Waals surface area contributed by atoms with Crippen molar-refractivity contribution in [2.45, 2.75) is 59.9 Å². The zero-order valence-corrected chi connectivity index (χ0v) is 20.2. The van der Waals surface area contributed by atoms with Crippen molar-refractivity contribution in [2.24, 2.45) is 5.92 Å². The fourth-order valence-electron chi connectivity index (χ4n) is 3.59. The highest BCUT2D eigenvalue weighted by Gasteiger charge is 2.28. The minimum atomic E-state index is -3.46. The number of sulfone groups is 1. The van der Waals surface area contributed by atoms with Crippen molar-refractivity contribution in [2.75, 3.05) is 13.4 Å². The Bertz CT molecular complexity index is 1120. The molecule has 6 nitrogen and oxygen atoms in total. The average Bonchev–Trinajstić information content (AvgIpc) is 2.93. The van der Waals surface area contributed by atoms with Crippen LogP contribution in [0.15, 0.2) is 22.6 Å². The molecule has 0 aliphatic rings. The van der Waals surface area contributed by atoms with Crippen molar-refractivity contribution in [3.8, 4) is 5.88 Å². The first-order chi connectivity index (χ1) is 13.8. The molecule has 0 atom stereocenters. The average molecular weight is 433 g/mol. The van der Waals surface area contributed by atoms with Gasteiger partial charge in [-0.2, -0.15) is 5.10 Å². The Hall–Kier alpha value is -2.41. The monoisotopic (exact) mass is 432 g/mol. The maximum Gasteiger partial charge on any atom is 0.223 e. The molecule has 1 aromatic carbocycles. The lowest BCUT2D eigenvalue weighted by atomic mass is 9.91. The lowest BCUT2D eigenvalue weighted by Gasteiger charge is -2.17. The molecule has 2 rings (SSSR count). The molecular weight excluding hydrogens is 400 g/mol. The number of hydrogen-bond donors (Lipinski definition) is 0. The first-order valence-electron chi connectivity index (χ1n) is 9.95. The van der Waals surface area contributed by atoms with Crippen molar-refractivity contribution in [1.29, 1.82) is 0 Å². The molecule has 0 unspecified atom stereocenters. The van der Waals surface area contributed by atoms with Gasteiger partial charge < -0.3 is 4.74 Å². The third-order valence-electron chi connectivity index (χ3n) is 5.24. The van der Waals surface area contributed by atoms with Gasteiger partial charge in [0.05, 0.1) is 17.7 Å². The Kier molecular flexibility index (Phi) is 6.97. The van der Waals surface area contributed by atoms with Crippen molar-refractivity contribution >= 4 is 21.2 Å². The molecule has 0 amide bonds. The standard InChI is InChI=1S/C23H32N2O4S/c1-13(2)12-25-23(29-8)21(17(7)24-25)22(26)18-10-11-19(30(9,27)28)20(16(18)6)15(5)14(3)4/h10-11,13H,12H2,1-9H3. The number of rotatable bonds is 7. The Morgan fingerprint density at radius 1 is 1.13 bits per heavy atom. The second-order valence-corrected chi connectivity index (χ2v) is 10.4. The largest absolute Gasteiger partial charge is 0.481 e. The molecular formula is C23H32N2O4S. The number of aromatic nitrogens is 2. The summed E-state index contributed by atoms with van der Waals surface area (Å²) in [5.41, 5.74) is 4.52. The fourth-order valence-corrected chi connectivity index (χ4v) is 4.58. The Balaban J connectivity index is 2.78. The van der Waals surface area contributed by atoms with Gasteiger partial charge in [-0.3, -0.25) is 4.79 Å². The summed E-state index contributed by atoms with van der Waals surface area (Å²) in [5.74, 6) is 0.543. The second kappa shape index (κ2) is 8.76. The van der Waals surface area contributed by atoms with E-state index in [1.54, 1.807) is 24.6 Å². The normalized spacial score (nSPS) is 11.7. The molecule has 1 aromatic heterocycles. The maximum absolute atomic E-state index is 13.6. The van der Waals surface area contributed by atoms with Crippen molar-refractivity contribution < 1.29 is 17.9 Å². The lowest BCUT2D eigenvalue weighted by Crippen LogP contribution is -2.12. The van der Waals surface area contributed by atoms with Crippen LogP contribution >= 0.6 is 0 Å². The van der Waals surface area contributed by atoms with Crippen LogP contribution in [0.4, 0.5) is 0 Å². The predicted molar refractivity (Wildman–Crippen MR) is 120 cm³/mol. The molecule has 1 heterocycles. The highest BCUT2D eigenvalue weighted by atomic mass is 32.2. The smallest absolute Gasteiger partial charge is 0.223 e. The maximum atomic E-state index is 13.6. The fraction of sp³-hybridized carbons (Fsp3) is 0.478. The van der Waals surface area contributed by atoms with E-state index in [2.05, 4.69) is 18.9 Å². The third kappa shape index (κ3) is 4.51. The van der Waals surface area contributed by atoms with Gasteiger partial charge in [0.15, 0.2) is 9.84 Å². The van der Waals surface area contributed by atoms with Crippen LogP contribution in [-0.4, -0.2) is 37.3 Å². The van der Waals surface area contributed by atoms with Crippen LogP contribution in [0.2, 0.25) is 0 Å². The molecule has 0 N–H and O–H groups in total. The minimum Gasteiger partial charge on any atom is -0.481 e. The van der Waals surface area contributed by atoms with Crippen molar-refractivity contribution in [3.63, 3.8) is 0 Å². The van der Waals surface area contributed by atoms with E-state index in [9.17, 15) is 13.2 Å². The SMILES string of the molecule is COc1c(C(=O)c2ccc(S(C)(=O)=O)c(C(C)=C(C)C)c2C)c(C)nn1CC(C)C. The zero-order chi connectivity index (χ0) is 23.0. The Morgan fingerprint density at radius 3 is 2.20 bits per heavy atom. The molecule has 0 bridgehead atoms. The zero-order valence-electron chi connectivity index (χ0n) is 19.4. The van der Waals surface area contributed by atoms with Crippen molar-refractivity contribution in [3.05, 3.63) is 45.7 Å². The van der Waals surface area contributed by atoms with E-state index in [0.29, 0.717) is 46.3 Å². The van der Waals surface area contributed by atoms with Crippen LogP contribution in [0.1, 0.15) is 67.4 Å². The highest BCUT2D eigenvalue weighted by Crippen LogP contribution is 2.34. The number of carbonyl (C=O) groups excluding carboxylic acids is 1. The van der Waals surface area contributed by atoms with Crippen LogP contribution < -0.4 is 4.74 Å². The number of benzene rings is 1. The summed E-state index contributed by atoms with van der Waals surface area (Å²) in [5, 5.41) is 4.51. The van der Waals surface area contributed by atoms with Gasteiger partial charge in [0.1, 0.15) is 5.56 Å². The highest BCUT2D eigenvalue weighted by molar-refractivity contribution is 7.90. The topological polar surface area (TPSA) is 78.3 Å². The summed E-state index contributed by atoms with van der Waals surface area (Å²) >= 11 is 0. The number of carbonyl (C=O) groups is 1. The second-order valence-electron chi connectivity index (χ2n) is 8.38. The van der Waals surface area contributed by atoms with E-state index in [4.69, 9.17) is 4.74 Å². The van der Waals surface area contributed by atoms with Gasteiger partial charge in [0.2, 0.25) is 11.7 Å². The summed E-state index contributed by atoms with van der Waals surface area (Å²) in [6, 6.07) is 3.12. The van der Waals surface area contributed by atoms with Gasteiger partial charge in [-0.1, -0.05) is 19.4 Å². The molecule has 164 valence electrons. The number of aryl methyl sites for hydroxylation is 1. The van der Waals surface area contributed by atoms with E-state index >= 15 is 0 Å². The molecule has 0 fully saturated rings. The molecule has 2 aromatic rings. The van der Waals surface area contributed by atoms with Crippen LogP contribution in [0.25, 0.3) is 5.57 Å². The van der Waals surface area contributed by atoms with Crippen LogP contribution in [0.5, 0.6) is 5.88 Å². The molecule has 0 radical (unpaired) electrons. The van der Waals surface area contributed by atoms with Crippen LogP contribution in [0.3, 0.4) is 0 Å². The van der Waals surface area contributed by atoms with Gasteiger partial charge in [-0.25, -0.2) is 13.1 Å². The van der Waals surface area contributed by atoms with E-state index in [1.165, 1.54) is 19.4 Å². The number of allylic oxidation sites excluding steroid dienone is 2.